The maximum Gasteiger partial charge on any atom is 0.259 e. The summed E-state index contributed by atoms with van der Waals surface area (Å²) in [5.41, 5.74) is 4.79. The second-order valence-electron chi connectivity index (χ2n) is 11.9. The molecule has 8 rings (SSSR count). The second kappa shape index (κ2) is 12.6. The molecule has 0 saturated heterocycles. The Bertz CT molecular complexity index is 2170. The van der Waals surface area contributed by atoms with Crippen LogP contribution in [0.4, 0.5) is 0 Å². The normalized spacial score (nSPS) is 17.1. The molecule has 4 bridgehead atoms. The Kier molecular flexibility index (Phi) is 7.82. The molecule has 4 aromatic heterocycles. The molecule has 6 heterocycles. The van der Waals surface area contributed by atoms with Gasteiger partial charge in [0.05, 0.1) is 37.6 Å². The first kappa shape index (κ1) is 29.3. The predicted molar refractivity (Wildman–Crippen MR) is 180 cm³/mol. The van der Waals surface area contributed by atoms with Crippen LogP contribution in [0.2, 0.25) is 0 Å². The smallest absolute Gasteiger partial charge is 0.259 e. The van der Waals surface area contributed by atoms with Crippen molar-refractivity contribution in [3.63, 3.8) is 0 Å². The third kappa shape index (κ3) is 5.50. The average molecular weight is 627 g/mol. The quantitative estimate of drug-likeness (QED) is 0.279. The van der Waals surface area contributed by atoms with Crippen LogP contribution in [-0.2, 0) is 38.7 Å². The summed E-state index contributed by atoms with van der Waals surface area (Å²) in [5, 5.41) is 6.64. The topological polar surface area (TPSA) is 104 Å². The van der Waals surface area contributed by atoms with Crippen LogP contribution in [0.1, 0.15) is 16.7 Å². The Labute approximate surface area is 271 Å². The first-order valence-electron chi connectivity index (χ1n) is 16.0. The van der Waals surface area contributed by atoms with Gasteiger partial charge in [0.25, 0.3) is 11.8 Å². The number of fused-ring (bicyclic) bond motifs is 13. The monoisotopic (exact) mass is 626 g/mol. The first-order chi connectivity index (χ1) is 23.2. The SMILES string of the molecule is O=C1NC(=O)C2=C1c1cn(c3ncccc13)CCOCCOCCN(Cc1cccc3ccccc13)CCn1cc2c2cccnc21. The molecule has 0 atom stereocenters. The molecular weight excluding hydrogens is 592 g/mol. The number of hydrogen-bond acceptors (Lipinski definition) is 7. The number of nitrogens with zero attached hydrogens (tertiary/aromatic N) is 5. The lowest BCUT2D eigenvalue weighted by Crippen LogP contribution is -2.31. The van der Waals surface area contributed by atoms with Crippen LogP contribution in [0.25, 0.3) is 44.0 Å². The minimum absolute atomic E-state index is 0.347. The molecule has 47 heavy (non-hydrogen) atoms. The van der Waals surface area contributed by atoms with Gasteiger partial charge in [0.2, 0.25) is 0 Å². The third-order valence-electron chi connectivity index (χ3n) is 9.07. The lowest BCUT2D eigenvalue weighted by molar-refractivity contribution is -0.122. The van der Waals surface area contributed by atoms with Crippen molar-refractivity contribution in [3.8, 4) is 0 Å². The van der Waals surface area contributed by atoms with Crippen LogP contribution in [0.5, 0.6) is 0 Å². The van der Waals surface area contributed by atoms with Gasteiger partial charge in [0, 0.05) is 79.4 Å². The van der Waals surface area contributed by atoms with Gasteiger partial charge in [-0.25, -0.2) is 9.97 Å². The van der Waals surface area contributed by atoms with Crippen LogP contribution < -0.4 is 5.32 Å². The van der Waals surface area contributed by atoms with Gasteiger partial charge in [-0.15, -0.1) is 0 Å². The molecule has 0 spiro atoms. The Morgan fingerprint density at radius 1 is 0.617 bits per heavy atom. The number of carbonyl (C=O) groups excluding carboxylic acids is 2. The van der Waals surface area contributed by atoms with E-state index < -0.39 is 11.8 Å². The van der Waals surface area contributed by atoms with E-state index in [0.29, 0.717) is 61.8 Å². The van der Waals surface area contributed by atoms with Gasteiger partial charge in [-0.05, 0) is 40.6 Å². The van der Waals surface area contributed by atoms with E-state index in [4.69, 9.17) is 14.5 Å². The molecule has 0 aliphatic carbocycles. The van der Waals surface area contributed by atoms with Crippen molar-refractivity contribution in [2.24, 2.45) is 0 Å². The molecule has 2 aromatic carbocycles. The summed E-state index contributed by atoms with van der Waals surface area (Å²) in [6.07, 6.45) is 7.37. The highest BCUT2D eigenvalue weighted by molar-refractivity contribution is 6.50. The van der Waals surface area contributed by atoms with E-state index in [1.54, 1.807) is 12.4 Å². The number of hydrogen-bond donors (Lipinski definition) is 1. The molecule has 10 nitrogen and oxygen atoms in total. The lowest BCUT2D eigenvalue weighted by atomic mass is 9.96. The van der Waals surface area contributed by atoms with Crippen LogP contribution >= 0.6 is 0 Å². The van der Waals surface area contributed by atoms with Crippen molar-refractivity contribution < 1.29 is 19.1 Å². The van der Waals surface area contributed by atoms with Crippen LogP contribution in [0.3, 0.4) is 0 Å². The minimum atomic E-state index is -0.418. The fourth-order valence-electron chi connectivity index (χ4n) is 6.82. The average Bonchev–Trinajstić information content (AvgIpc) is 3.74. The van der Waals surface area contributed by atoms with E-state index in [-0.39, 0.29) is 0 Å². The standard InChI is InChI=1S/C37H34N6O4/c44-36-32-30-23-42(34-28(30)10-4-12-38-34)15-14-41(22-26-8-3-7-25-6-1-2-9-27(25)26)16-18-46-20-21-47-19-17-43-24-31(33(32)37(45)40-36)29-11-5-13-39-35(29)43/h1-13,23-24H,14-22H2,(H,40,44,45). The summed E-state index contributed by atoms with van der Waals surface area (Å²) in [7, 11) is 0. The fraction of sp³-hybridized carbons (Fsp3) is 0.243. The van der Waals surface area contributed by atoms with Crippen LogP contribution in [-0.4, -0.2) is 75.3 Å². The first-order valence-corrected chi connectivity index (χ1v) is 16.0. The van der Waals surface area contributed by atoms with Crippen molar-refractivity contribution in [2.75, 3.05) is 39.5 Å². The van der Waals surface area contributed by atoms with E-state index in [1.807, 2.05) is 41.2 Å². The van der Waals surface area contributed by atoms with Gasteiger partial charge in [0.1, 0.15) is 11.3 Å². The second-order valence-corrected chi connectivity index (χ2v) is 11.9. The molecule has 0 fully saturated rings. The van der Waals surface area contributed by atoms with Crippen molar-refractivity contribution in [1.82, 2.24) is 29.3 Å². The number of rotatable bonds is 2. The van der Waals surface area contributed by atoms with Gasteiger partial charge in [-0.3, -0.25) is 19.8 Å². The molecule has 2 amide bonds. The predicted octanol–water partition coefficient (Wildman–Crippen LogP) is 4.66. The number of imide groups is 1. The zero-order valence-electron chi connectivity index (χ0n) is 25.9. The highest BCUT2D eigenvalue weighted by Gasteiger charge is 2.35. The Hall–Kier alpha value is -5.16. The summed E-state index contributed by atoms with van der Waals surface area (Å²) >= 11 is 0. The molecule has 6 aromatic rings. The van der Waals surface area contributed by atoms with E-state index >= 15 is 0 Å². The summed E-state index contributed by atoms with van der Waals surface area (Å²) in [4.78, 5) is 38.8. The number of pyridine rings is 2. The molecular formula is C37H34N6O4. The van der Waals surface area contributed by atoms with E-state index in [1.165, 1.54) is 16.3 Å². The molecule has 0 radical (unpaired) electrons. The number of amides is 2. The Morgan fingerprint density at radius 3 is 1.91 bits per heavy atom. The van der Waals surface area contributed by atoms with E-state index in [0.717, 1.165) is 41.7 Å². The lowest BCUT2D eigenvalue weighted by Gasteiger charge is -2.23. The molecule has 1 N–H and O–H groups in total. The molecule has 0 unspecified atom stereocenters. The van der Waals surface area contributed by atoms with Crippen LogP contribution in [0, 0.1) is 0 Å². The number of carbonyl (C=O) groups is 2. The maximum absolute atomic E-state index is 13.6. The maximum atomic E-state index is 13.6. The Morgan fingerprint density at radius 2 is 1.21 bits per heavy atom. The number of nitrogens with one attached hydrogen (secondary N) is 1. The van der Waals surface area contributed by atoms with Crippen molar-refractivity contribution in [3.05, 3.63) is 108 Å². The van der Waals surface area contributed by atoms with Gasteiger partial charge in [-0.2, -0.15) is 0 Å². The minimum Gasteiger partial charge on any atom is -0.378 e. The molecule has 2 aliphatic rings. The fourth-order valence-corrected chi connectivity index (χ4v) is 6.82. The number of aromatic nitrogens is 4. The zero-order valence-corrected chi connectivity index (χ0v) is 25.9. The highest BCUT2D eigenvalue weighted by Crippen LogP contribution is 2.38. The van der Waals surface area contributed by atoms with E-state index in [2.05, 4.69) is 62.2 Å². The van der Waals surface area contributed by atoms with Crippen molar-refractivity contribution in [1.29, 1.82) is 0 Å². The van der Waals surface area contributed by atoms with Gasteiger partial charge in [-0.1, -0.05) is 42.5 Å². The number of benzene rings is 2. The van der Waals surface area contributed by atoms with Gasteiger partial charge in [0.15, 0.2) is 0 Å². The highest BCUT2D eigenvalue weighted by atomic mass is 16.5. The third-order valence-corrected chi connectivity index (χ3v) is 9.07. The van der Waals surface area contributed by atoms with E-state index in [9.17, 15) is 9.59 Å². The van der Waals surface area contributed by atoms with Crippen molar-refractivity contribution in [2.45, 2.75) is 19.6 Å². The zero-order chi connectivity index (χ0) is 31.7. The number of ether oxygens (including phenoxy) is 2. The summed E-state index contributed by atoms with van der Waals surface area (Å²) in [6.45, 7) is 5.35. The summed E-state index contributed by atoms with van der Waals surface area (Å²) in [5.74, 6) is -0.833. The summed E-state index contributed by atoms with van der Waals surface area (Å²) in [6, 6.07) is 22.5. The molecule has 236 valence electrons. The Balaban J connectivity index is 1.22. The molecule has 0 saturated carbocycles. The summed E-state index contributed by atoms with van der Waals surface area (Å²) < 4.78 is 16.0. The van der Waals surface area contributed by atoms with Gasteiger partial charge < -0.3 is 18.6 Å². The van der Waals surface area contributed by atoms with Crippen LogP contribution in [0.15, 0.2) is 91.5 Å². The van der Waals surface area contributed by atoms with Crippen molar-refractivity contribution >= 4 is 55.8 Å². The molecule has 10 heteroatoms. The largest absolute Gasteiger partial charge is 0.378 e. The van der Waals surface area contributed by atoms with Gasteiger partial charge >= 0.3 is 0 Å². The molecule has 2 aliphatic heterocycles.